The zero-order chi connectivity index (χ0) is 19.6. The van der Waals surface area contributed by atoms with E-state index in [9.17, 15) is 19.7 Å². The number of non-ortho nitro benzene ring substituents is 1. The largest absolute Gasteiger partial charge is 0.422 e. The molecule has 0 aromatic heterocycles. The van der Waals surface area contributed by atoms with E-state index in [0.29, 0.717) is 5.69 Å². The summed E-state index contributed by atoms with van der Waals surface area (Å²) < 4.78 is 5.23. The van der Waals surface area contributed by atoms with Gasteiger partial charge in [0.15, 0.2) is 0 Å². The van der Waals surface area contributed by atoms with Crippen molar-refractivity contribution >= 4 is 29.0 Å². The van der Waals surface area contributed by atoms with Crippen molar-refractivity contribution in [2.45, 2.75) is 26.7 Å². The smallest absolute Gasteiger partial charge is 0.359 e. The molecular formula is C19H17N3O5. The number of amides is 1. The number of aryl methyl sites for hydroxylation is 2. The van der Waals surface area contributed by atoms with E-state index in [1.54, 1.807) is 0 Å². The average molecular weight is 367 g/mol. The Balaban J connectivity index is 1.82. The number of nitrogens with zero attached hydrogens (tertiary/aromatic N) is 3. The minimum Gasteiger partial charge on any atom is -0.422 e. The van der Waals surface area contributed by atoms with Gasteiger partial charge in [-0.1, -0.05) is 12.1 Å². The molecule has 0 saturated heterocycles. The van der Waals surface area contributed by atoms with E-state index >= 15 is 0 Å². The van der Waals surface area contributed by atoms with Gasteiger partial charge in [-0.3, -0.25) is 14.9 Å². The molecule has 0 fully saturated rings. The van der Waals surface area contributed by atoms with Gasteiger partial charge in [0, 0.05) is 25.0 Å². The van der Waals surface area contributed by atoms with Crippen LogP contribution in [0.25, 0.3) is 0 Å². The molecule has 3 rings (SSSR count). The van der Waals surface area contributed by atoms with E-state index < -0.39 is 10.9 Å². The quantitative estimate of drug-likeness (QED) is 0.357. The number of hydrazone groups is 1. The van der Waals surface area contributed by atoms with Gasteiger partial charge in [0.25, 0.3) is 5.69 Å². The first-order valence-corrected chi connectivity index (χ1v) is 8.29. The molecule has 0 atom stereocenters. The summed E-state index contributed by atoms with van der Waals surface area (Å²) in [5, 5.41) is 16.1. The number of esters is 1. The predicted octanol–water partition coefficient (Wildman–Crippen LogP) is 3.30. The number of rotatable bonds is 4. The van der Waals surface area contributed by atoms with Crippen molar-refractivity contribution in [3.63, 3.8) is 0 Å². The van der Waals surface area contributed by atoms with Crippen molar-refractivity contribution in [2.75, 3.05) is 5.01 Å². The number of carbonyl (C=O) groups excluding carboxylic acids is 2. The predicted molar refractivity (Wildman–Crippen MR) is 98.8 cm³/mol. The number of ether oxygens (including phenoxy) is 1. The first-order chi connectivity index (χ1) is 12.8. The van der Waals surface area contributed by atoms with Gasteiger partial charge in [-0.05, 0) is 43.2 Å². The van der Waals surface area contributed by atoms with E-state index in [0.717, 1.165) is 11.1 Å². The molecule has 0 N–H and O–H groups in total. The molecule has 0 spiro atoms. The molecule has 8 nitrogen and oxygen atoms in total. The number of benzene rings is 2. The molecule has 8 heteroatoms. The lowest BCUT2D eigenvalue weighted by molar-refractivity contribution is -0.384. The van der Waals surface area contributed by atoms with E-state index in [4.69, 9.17) is 4.74 Å². The standard InChI is InChI=1S/C19H17N3O5/c1-12-3-4-13(2)17(11-12)21-18(23)10-9-16(20-21)19(24)27-15-7-5-14(6-8-15)22(25)26/h3-8,11H,9-10H2,1-2H3. The van der Waals surface area contributed by atoms with Crippen LogP contribution in [0.15, 0.2) is 47.6 Å². The molecule has 1 aliphatic rings. The maximum Gasteiger partial charge on any atom is 0.359 e. The minimum absolute atomic E-state index is 0.100. The van der Waals surface area contributed by atoms with Crippen LogP contribution in [-0.4, -0.2) is 22.5 Å². The summed E-state index contributed by atoms with van der Waals surface area (Å²) in [6.07, 6.45) is 0.313. The molecule has 0 saturated carbocycles. The van der Waals surface area contributed by atoms with Crippen LogP contribution in [0.3, 0.4) is 0 Å². The Hall–Kier alpha value is -3.55. The molecule has 2 aromatic rings. The average Bonchev–Trinajstić information content (AvgIpc) is 2.64. The second-order valence-corrected chi connectivity index (χ2v) is 6.18. The Morgan fingerprint density at radius 1 is 1.15 bits per heavy atom. The first-order valence-electron chi connectivity index (χ1n) is 8.29. The van der Waals surface area contributed by atoms with Gasteiger partial charge in [-0.15, -0.1) is 0 Å². The summed E-state index contributed by atoms with van der Waals surface area (Å²) >= 11 is 0. The Labute approximate surface area is 155 Å². The lowest BCUT2D eigenvalue weighted by Gasteiger charge is -2.24. The lowest BCUT2D eigenvalue weighted by atomic mass is 10.1. The van der Waals surface area contributed by atoms with Gasteiger partial charge < -0.3 is 4.74 Å². The van der Waals surface area contributed by atoms with Crippen molar-refractivity contribution in [3.8, 4) is 5.75 Å². The van der Waals surface area contributed by atoms with Crippen molar-refractivity contribution in [1.29, 1.82) is 0 Å². The highest BCUT2D eigenvalue weighted by molar-refractivity contribution is 6.38. The number of nitro benzene ring substituents is 1. The van der Waals surface area contributed by atoms with Crippen LogP contribution in [0.4, 0.5) is 11.4 Å². The summed E-state index contributed by atoms with van der Waals surface area (Å²) in [6, 6.07) is 10.8. The summed E-state index contributed by atoms with van der Waals surface area (Å²) in [4.78, 5) is 34.8. The lowest BCUT2D eigenvalue weighted by Crippen LogP contribution is -2.36. The number of anilines is 1. The fourth-order valence-electron chi connectivity index (χ4n) is 2.64. The van der Waals surface area contributed by atoms with Crippen LogP contribution in [-0.2, 0) is 9.59 Å². The molecule has 0 radical (unpaired) electrons. The Morgan fingerprint density at radius 2 is 1.85 bits per heavy atom. The van der Waals surface area contributed by atoms with Crippen molar-refractivity contribution in [1.82, 2.24) is 0 Å². The normalized spacial score (nSPS) is 13.9. The topological polar surface area (TPSA) is 102 Å². The van der Waals surface area contributed by atoms with Crippen LogP contribution in [0, 0.1) is 24.0 Å². The zero-order valence-electron chi connectivity index (χ0n) is 14.8. The second-order valence-electron chi connectivity index (χ2n) is 6.18. The summed E-state index contributed by atoms with van der Waals surface area (Å²) in [7, 11) is 0. The van der Waals surface area contributed by atoms with Crippen LogP contribution in [0.1, 0.15) is 24.0 Å². The number of carbonyl (C=O) groups is 2. The third-order valence-electron chi connectivity index (χ3n) is 4.12. The molecule has 1 heterocycles. The Kier molecular flexibility index (Phi) is 4.98. The maximum absolute atomic E-state index is 12.4. The van der Waals surface area contributed by atoms with Crippen LogP contribution >= 0.6 is 0 Å². The van der Waals surface area contributed by atoms with Gasteiger partial charge in [0.2, 0.25) is 5.91 Å². The van der Waals surface area contributed by atoms with Gasteiger partial charge in [0.05, 0.1) is 10.6 Å². The highest BCUT2D eigenvalue weighted by Gasteiger charge is 2.27. The minimum atomic E-state index is -0.688. The third-order valence-corrected chi connectivity index (χ3v) is 4.12. The molecule has 2 aromatic carbocycles. The number of nitro groups is 1. The molecule has 138 valence electrons. The Morgan fingerprint density at radius 3 is 2.52 bits per heavy atom. The molecule has 0 unspecified atom stereocenters. The van der Waals surface area contributed by atoms with Crippen molar-refractivity contribution in [3.05, 3.63) is 63.7 Å². The van der Waals surface area contributed by atoms with Gasteiger partial charge in [-0.2, -0.15) is 10.1 Å². The highest BCUT2D eigenvalue weighted by Crippen LogP contribution is 2.26. The summed E-state index contributed by atoms with van der Waals surface area (Å²) in [6.45, 7) is 3.77. The Bertz CT molecular complexity index is 950. The molecule has 1 aliphatic heterocycles. The van der Waals surface area contributed by atoms with E-state index in [1.165, 1.54) is 29.3 Å². The fraction of sp³-hybridized carbons (Fsp3) is 0.211. The van der Waals surface area contributed by atoms with E-state index in [2.05, 4.69) is 5.10 Å². The molecule has 0 aliphatic carbocycles. The van der Waals surface area contributed by atoms with Crippen molar-refractivity contribution in [2.24, 2.45) is 5.10 Å². The first kappa shape index (κ1) is 18.2. The van der Waals surface area contributed by atoms with Crippen LogP contribution in [0.5, 0.6) is 5.75 Å². The second kappa shape index (κ2) is 7.36. The zero-order valence-corrected chi connectivity index (χ0v) is 14.8. The van der Waals surface area contributed by atoms with E-state index in [1.807, 2.05) is 32.0 Å². The molecule has 1 amide bonds. The highest BCUT2D eigenvalue weighted by atomic mass is 16.6. The SMILES string of the molecule is Cc1ccc(C)c(N2N=C(C(=O)Oc3ccc([N+](=O)[O-])cc3)CCC2=O)c1. The van der Waals surface area contributed by atoms with Crippen LogP contribution < -0.4 is 9.75 Å². The van der Waals surface area contributed by atoms with Crippen molar-refractivity contribution < 1.29 is 19.2 Å². The molecule has 0 bridgehead atoms. The third kappa shape index (κ3) is 4.00. The van der Waals surface area contributed by atoms with E-state index in [-0.39, 0.29) is 35.9 Å². The number of hydrogen-bond acceptors (Lipinski definition) is 6. The van der Waals surface area contributed by atoms with Gasteiger partial charge >= 0.3 is 5.97 Å². The van der Waals surface area contributed by atoms with Gasteiger partial charge in [-0.25, -0.2) is 4.79 Å². The molecule has 27 heavy (non-hydrogen) atoms. The molecular weight excluding hydrogens is 350 g/mol. The maximum atomic E-state index is 12.4. The van der Waals surface area contributed by atoms with Gasteiger partial charge in [0.1, 0.15) is 11.5 Å². The summed E-state index contributed by atoms with van der Waals surface area (Å²) in [5.74, 6) is -0.717. The van der Waals surface area contributed by atoms with Crippen LogP contribution in [0.2, 0.25) is 0 Å². The monoisotopic (exact) mass is 367 g/mol. The number of hydrogen-bond donors (Lipinski definition) is 0. The fourth-order valence-corrected chi connectivity index (χ4v) is 2.64. The summed E-state index contributed by atoms with van der Waals surface area (Å²) in [5.41, 5.74) is 2.48.